The Labute approximate surface area is 186 Å². The minimum atomic E-state index is -0.500. The monoisotopic (exact) mass is 442 g/mol. The predicted octanol–water partition coefficient (Wildman–Crippen LogP) is 1.27. The second kappa shape index (κ2) is 9.13. The van der Waals surface area contributed by atoms with Gasteiger partial charge in [-0.2, -0.15) is 5.10 Å². The van der Waals surface area contributed by atoms with Gasteiger partial charge in [0.05, 0.1) is 18.3 Å². The zero-order valence-corrected chi connectivity index (χ0v) is 18.5. The van der Waals surface area contributed by atoms with E-state index < -0.39 is 11.4 Å². The first kappa shape index (κ1) is 22.0. The molecule has 172 valence electrons. The summed E-state index contributed by atoms with van der Waals surface area (Å²) in [5, 5.41) is 16.9. The molecule has 0 aromatic carbocycles. The highest BCUT2D eigenvalue weighted by Gasteiger charge is 2.38. The number of aromatic nitrogens is 4. The van der Waals surface area contributed by atoms with Crippen LogP contribution in [0.15, 0.2) is 17.2 Å². The number of H-pyrrole nitrogens is 2. The maximum Gasteiger partial charge on any atom is 0.274 e. The fraction of sp³-hybridized carbons (Fsp3) is 0.591. The Morgan fingerprint density at radius 1 is 1.19 bits per heavy atom. The lowest BCUT2D eigenvalue weighted by Crippen LogP contribution is -2.55. The summed E-state index contributed by atoms with van der Waals surface area (Å²) in [6.07, 6.45) is 3.97. The van der Waals surface area contributed by atoms with Crippen molar-refractivity contribution in [3.63, 3.8) is 0 Å². The lowest BCUT2D eigenvalue weighted by molar-refractivity contribution is -0.138. The largest absolute Gasteiger partial charge is 0.493 e. The number of aromatic hydroxyl groups is 1. The zero-order valence-electron chi connectivity index (χ0n) is 18.5. The van der Waals surface area contributed by atoms with Crippen LogP contribution in [-0.2, 0) is 11.2 Å². The molecule has 2 aromatic rings. The van der Waals surface area contributed by atoms with Gasteiger partial charge in [-0.15, -0.1) is 0 Å². The van der Waals surface area contributed by atoms with E-state index in [1.807, 2.05) is 11.0 Å². The molecule has 2 saturated heterocycles. The second-order valence-electron chi connectivity index (χ2n) is 9.14. The van der Waals surface area contributed by atoms with Crippen LogP contribution in [0.4, 0.5) is 0 Å². The molecule has 2 aliphatic heterocycles. The first-order valence-electron chi connectivity index (χ1n) is 11.2. The third kappa shape index (κ3) is 4.53. The SMILES string of the molecule is CC(C)c1cc(C(=O)N2CCCCC(C3CN(C(=O)Cc4c(O)nc[nH]c4=O)C3)C2)n[nH]1. The number of hydrogen-bond acceptors (Lipinski definition) is 6. The van der Waals surface area contributed by atoms with Crippen LogP contribution in [0.2, 0.25) is 0 Å². The van der Waals surface area contributed by atoms with Crippen LogP contribution in [0.5, 0.6) is 5.88 Å². The van der Waals surface area contributed by atoms with Gasteiger partial charge in [-0.3, -0.25) is 19.5 Å². The highest BCUT2D eigenvalue weighted by Crippen LogP contribution is 2.31. The molecular weight excluding hydrogens is 412 g/mol. The molecule has 32 heavy (non-hydrogen) atoms. The van der Waals surface area contributed by atoms with Gasteiger partial charge in [0.1, 0.15) is 5.69 Å². The molecule has 1 unspecified atom stereocenters. The zero-order chi connectivity index (χ0) is 22.8. The van der Waals surface area contributed by atoms with Crippen molar-refractivity contribution in [2.45, 2.75) is 45.4 Å². The van der Waals surface area contributed by atoms with Crippen LogP contribution in [0.25, 0.3) is 0 Å². The summed E-state index contributed by atoms with van der Waals surface area (Å²) < 4.78 is 0. The number of rotatable bonds is 5. The lowest BCUT2D eigenvalue weighted by atomic mass is 9.82. The first-order valence-corrected chi connectivity index (χ1v) is 11.2. The van der Waals surface area contributed by atoms with Gasteiger partial charge in [-0.05, 0) is 36.7 Å². The second-order valence-corrected chi connectivity index (χ2v) is 9.14. The van der Waals surface area contributed by atoms with Gasteiger partial charge in [0.15, 0.2) is 0 Å². The Hall–Kier alpha value is -3.17. The highest BCUT2D eigenvalue weighted by atomic mass is 16.3. The third-order valence-electron chi connectivity index (χ3n) is 6.62. The molecule has 2 amide bonds. The predicted molar refractivity (Wildman–Crippen MR) is 116 cm³/mol. The van der Waals surface area contributed by atoms with Crippen LogP contribution >= 0.6 is 0 Å². The minimum absolute atomic E-state index is 0.00745. The fourth-order valence-corrected chi connectivity index (χ4v) is 4.50. The van der Waals surface area contributed by atoms with Gasteiger partial charge in [-0.1, -0.05) is 20.3 Å². The summed E-state index contributed by atoms with van der Waals surface area (Å²) in [5.74, 6) is 0.273. The highest BCUT2D eigenvalue weighted by molar-refractivity contribution is 5.92. The molecule has 0 spiro atoms. The summed E-state index contributed by atoms with van der Waals surface area (Å²) in [4.78, 5) is 47.1. The van der Waals surface area contributed by atoms with Crippen LogP contribution in [-0.4, -0.2) is 73.1 Å². The average Bonchev–Trinajstić information content (AvgIpc) is 3.10. The number of aromatic amines is 2. The van der Waals surface area contributed by atoms with E-state index in [0.717, 1.165) is 37.8 Å². The summed E-state index contributed by atoms with van der Waals surface area (Å²) >= 11 is 0. The third-order valence-corrected chi connectivity index (χ3v) is 6.62. The molecule has 0 aliphatic carbocycles. The Morgan fingerprint density at radius 2 is 1.94 bits per heavy atom. The van der Waals surface area contributed by atoms with E-state index in [4.69, 9.17) is 0 Å². The van der Waals surface area contributed by atoms with Gasteiger partial charge in [0.25, 0.3) is 11.5 Å². The van der Waals surface area contributed by atoms with Crippen LogP contribution in [0, 0.1) is 11.8 Å². The van der Waals surface area contributed by atoms with Gasteiger partial charge < -0.3 is 19.9 Å². The first-order chi connectivity index (χ1) is 15.3. The number of nitrogens with zero attached hydrogens (tertiary/aromatic N) is 4. The molecule has 0 radical (unpaired) electrons. The van der Waals surface area contributed by atoms with Crippen molar-refractivity contribution in [3.8, 4) is 5.88 Å². The van der Waals surface area contributed by atoms with Crippen molar-refractivity contribution in [1.29, 1.82) is 0 Å². The molecule has 0 bridgehead atoms. The Morgan fingerprint density at radius 3 is 2.62 bits per heavy atom. The Balaban J connectivity index is 1.34. The van der Waals surface area contributed by atoms with E-state index in [1.165, 1.54) is 0 Å². The average molecular weight is 443 g/mol. The van der Waals surface area contributed by atoms with Crippen molar-refractivity contribution in [1.82, 2.24) is 30.0 Å². The van der Waals surface area contributed by atoms with Gasteiger partial charge >= 0.3 is 0 Å². The van der Waals surface area contributed by atoms with Crippen molar-refractivity contribution in [2.75, 3.05) is 26.2 Å². The van der Waals surface area contributed by atoms with Gasteiger partial charge in [-0.25, -0.2) is 4.98 Å². The maximum atomic E-state index is 13.0. The van der Waals surface area contributed by atoms with E-state index >= 15 is 0 Å². The van der Waals surface area contributed by atoms with E-state index in [0.29, 0.717) is 37.2 Å². The molecule has 3 N–H and O–H groups in total. The van der Waals surface area contributed by atoms with Crippen molar-refractivity contribution in [2.24, 2.45) is 11.8 Å². The number of hydrogen-bond donors (Lipinski definition) is 3. The van der Waals surface area contributed by atoms with E-state index in [-0.39, 0.29) is 29.7 Å². The topological polar surface area (TPSA) is 135 Å². The number of likely N-dealkylation sites (tertiary alicyclic amines) is 2. The smallest absolute Gasteiger partial charge is 0.274 e. The van der Waals surface area contributed by atoms with E-state index in [1.54, 1.807) is 4.90 Å². The van der Waals surface area contributed by atoms with E-state index in [2.05, 4.69) is 34.0 Å². The molecule has 2 aromatic heterocycles. The van der Waals surface area contributed by atoms with Crippen molar-refractivity contribution >= 4 is 11.8 Å². The molecule has 2 fully saturated rings. The molecule has 10 nitrogen and oxygen atoms in total. The fourth-order valence-electron chi connectivity index (χ4n) is 4.50. The summed E-state index contributed by atoms with van der Waals surface area (Å²) in [5.41, 5.74) is 0.902. The molecular formula is C22H30N6O4. The summed E-state index contributed by atoms with van der Waals surface area (Å²) in [6, 6.07) is 1.84. The Bertz CT molecular complexity index is 1040. The maximum absolute atomic E-state index is 13.0. The molecule has 4 heterocycles. The minimum Gasteiger partial charge on any atom is -0.493 e. The number of carbonyl (C=O) groups excluding carboxylic acids is 2. The van der Waals surface area contributed by atoms with Gasteiger partial charge in [0.2, 0.25) is 11.8 Å². The number of carbonyl (C=O) groups is 2. The molecule has 4 rings (SSSR count). The van der Waals surface area contributed by atoms with Crippen LogP contribution in [0.1, 0.15) is 60.8 Å². The summed E-state index contributed by atoms with van der Waals surface area (Å²) in [7, 11) is 0. The standard InChI is InChI=1S/C22H30N6O4/c1-13(2)17-8-18(26-25-17)22(32)27-6-4-3-5-14(9-27)15-10-28(11-15)19(29)7-16-20(30)23-12-24-21(16)31/h8,12-15H,3-7,9-11H2,1-2H3,(H,25,26)(H2,23,24,30,31). The summed E-state index contributed by atoms with van der Waals surface area (Å²) in [6.45, 7) is 6.70. The number of amides is 2. The van der Waals surface area contributed by atoms with Gasteiger partial charge in [0, 0.05) is 31.9 Å². The van der Waals surface area contributed by atoms with E-state index in [9.17, 15) is 19.5 Å². The lowest BCUT2D eigenvalue weighted by Gasteiger charge is -2.44. The quantitative estimate of drug-likeness (QED) is 0.638. The van der Waals surface area contributed by atoms with Crippen LogP contribution < -0.4 is 5.56 Å². The van der Waals surface area contributed by atoms with Crippen LogP contribution in [0.3, 0.4) is 0 Å². The molecule has 0 saturated carbocycles. The normalized spacial score (nSPS) is 19.7. The van der Waals surface area contributed by atoms with Crippen molar-refractivity contribution in [3.05, 3.63) is 39.7 Å². The van der Waals surface area contributed by atoms with Crippen molar-refractivity contribution < 1.29 is 14.7 Å². The molecule has 10 heteroatoms. The number of nitrogens with one attached hydrogen (secondary N) is 2. The Kier molecular flexibility index (Phi) is 6.29. The molecule has 2 aliphatic rings. The molecule has 1 atom stereocenters.